The second-order valence-corrected chi connectivity index (χ2v) is 4.68. The zero-order chi connectivity index (χ0) is 14.8. The summed E-state index contributed by atoms with van der Waals surface area (Å²) < 4.78 is 15.4. The molecule has 1 aromatic heterocycles. The van der Waals surface area contributed by atoms with Gasteiger partial charge in [-0.3, -0.25) is 9.36 Å². The Morgan fingerprint density at radius 1 is 1.10 bits per heavy atom. The molecule has 2 N–H and O–H groups in total. The first-order valence-corrected chi connectivity index (χ1v) is 6.68. The maximum absolute atomic E-state index is 13.9. The maximum atomic E-state index is 13.9. The zero-order valence-electron chi connectivity index (χ0n) is 11.3. The number of aromatic nitrogens is 2. The number of benzene rings is 2. The van der Waals surface area contributed by atoms with E-state index in [1.165, 1.54) is 16.7 Å². The van der Waals surface area contributed by atoms with E-state index in [9.17, 15) is 9.18 Å². The Kier molecular flexibility index (Phi) is 3.50. The molecule has 1 heterocycles. The van der Waals surface area contributed by atoms with E-state index in [0.29, 0.717) is 24.5 Å². The Hall–Kier alpha value is -2.53. The molecule has 5 heteroatoms. The molecular formula is C16H14FN3O. The summed E-state index contributed by atoms with van der Waals surface area (Å²) in [5, 5.41) is 0.264. The molecule has 0 atom stereocenters. The molecule has 0 saturated carbocycles. The smallest absolute Gasteiger partial charge is 0.266 e. The fraction of sp³-hybridized carbons (Fsp3) is 0.125. The molecule has 106 valence electrons. The lowest BCUT2D eigenvalue weighted by Gasteiger charge is -2.13. The Balaban J connectivity index is 2.40. The number of para-hydroxylation sites is 2. The molecule has 3 rings (SSSR count). The van der Waals surface area contributed by atoms with Gasteiger partial charge in [-0.25, -0.2) is 9.37 Å². The normalized spacial score (nSPS) is 11.0. The zero-order valence-corrected chi connectivity index (χ0v) is 11.3. The predicted molar refractivity (Wildman–Crippen MR) is 80.1 cm³/mol. The fourth-order valence-corrected chi connectivity index (χ4v) is 2.36. The van der Waals surface area contributed by atoms with Gasteiger partial charge in [0.1, 0.15) is 17.2 Å². The summed E-state index contributed by atoms with van der Waals surface area (Å²) in [5.74, 6) is -0.0330. The molecule has 0 radical (unpaired) electrons. The lowest BCUT2D eigenvalue weighted by Crippen LogP contribution is -2.25. The second kappa shape index (κ2) is 5.46. The summed E-state index contributed by atoms with van der Waals surface area (Å²) >= 11 is 0. The van der Waals surface area contributed by atoms with Gasteiger partial charge in [-0.2, -0.15) is 0 Å². The third-order valence-electron chi connectivity index (χ3n) is 3.30. The van der Waals surface area contributed by atoms with Crippen LogP contribution in [-0.2, 0) is 6.42 Å². The van der Waals surface area contributed by atoms with Crippen molar-refractivity contribution in [1.82, 2.24) is 9.55 Å². The van der Waals surface area contributed by atoms with E-state index in [0.717, 1.165) is 0 Å². The van der Waals surface area contributed by atoms with Crippen LogP contribution in [0.15, 0.2) is 53.3 Å². The molecule has 21 heavy (non-hydrogen) atoms. The van der Waals surface area contributed by atoms with Crippen molar-refractivity contribution in [2.75, 3.05) is 6.54 Å². The van der Waals surface area contributed by atoms with Gasteiger partial charge in [-0.15, -0.1) is 0 Å². The van der Waals surface area contributed by atoms with Crippen LogP contribution in [-0.4, -0.2) is 16.1 Å². The van der Waals surface area contributed by atoms with Gasteiger partial charge in [0.25, 0.3) is 5.56 Å². The number of hydrogen-bond acceptors (Lipinski definition) is 3. The molecule has 0 aliphatic rings. The lowest BCUT2D eigenvalue weighted by molar-refractivity contribution is 0.634. The van der Waals surface area contributed by atoms with Crippen LogP contribution in [0.25, 0.3) is 16.6 Å². The molecule has 0 unspecified atom stereocenters. The molecular weight excluding hydrogens is 269 g/mol. The van der Waals surface area contributed by atoms with Crippen molar-refractivity contribution in [1.29, 1.82) is 0 Å². The largest absolute Gasteiger partial charge is 0.330 e. The van der Waals surface area contributed by atoms with Crippen LogP contribution in [0.4, 0.5) is 4.39 Å². The first kappa shape index (κ1) is 13.5. The van der Waals surface area contributed by atoms with Crippen LogP contribution in [0.2, 0.25) is 0 Å². The molecule has 0 spiro atoms. The van der Waals surface area contributed by atoms with Crippen LogP contribution < -0.4 is 11.3 Å². The second-order valence-electron chi connectivity index (χ2n) is 4.68. The molecule has 0 fully saturated rings. The number of halogens is 1. The van der Waals surface area contributed by atoms with Gasteiger partial charge in [0.15, 0.2) is 0 Å². The SMILES string of the molecule is NCCc1nc2c(F)cccc2c(=O)n1-c1ccccc1. The van der Waals surface area contributed by atoms with Crippen molar-refractivity contribution in [3.8, 4) is 5.69 Å². The van der Waals surface area contributed by atoms with Crippen molar-refractivity contribution in [2.24, 2.45) is 5.73 Å². The first-order chi connectivity index (χ1) is 10.2. The van der Waals surface area contributed by atoms with Gasteiger partial charge in [-0.1, -0.05) is 24.3 Å². The minimum absolute atomic E-state index is 0.0955. The van der Waals surface area contributed by atoms with Crippen LogP contribution in [0, 0.1) is 5.82 Å². The van der Waals surface area contributed by atoms with Crippen LogP contribution in [0.5, 0.6) is 0 Å². The minimum atomic E-state index is -0.497. The van der Waals surface area contributed by atoms with Crippen molar-refractivity contribution >= 4 is 10.9 Å². The highest BCUT2D eigenvalue weighted by Gasteiger charge is 2.14. The van der Waals surface area contributed by atoms with E-state index in [1.54, 1.807) is 6.07 Å². The molecule has 0 bridgehead atoms. The molecule has 0 amide bonds. The van der Waals surface area contributed by atoms with Crippen LogP contribution in [0.1, 0.15) is 5.82 Å². The Morgan fingerprint density at radius 2 is 1.86 bits per heavy atom. The van der Waals surface area contributed by atoms with Crippen LogP contribution >= 0.6 is 0 Å². The molecule has 0 aliphatic heterocycles. The van der Waals surface area contributed by atoms with E-state index < -0.39 is 5.82 Å². The van der Waals surface area contributed by atoms with Gasteiger partial charge in [0.2, 0.25) is 0 Å². The number of nitrogens with two attached hydrogens (primary N) is 1. The fourth-order valence-electron chi connectivity index (χ4n) is 2.36. The van der Waals surface area contributed by atoms with Gasteiger partial charge in [0, 0.05) is 6.42 Å². The van der Waals surface area contributed by atoms with Crippen molar-refractivity contribution in [2.45, 2.75) is 6.42 Å². The molecule has 0 aliphatic carbocycles. The average molecular weight is 283 g/mol. The maximum Gasteiger partial charge on any atom is 0.266 e. The van der Waals surface area contributed by atoms with Gasteiger partial charge in [-0.05, 0) is 30.8 Å². The summed E-state index contributed by atoms with van der Waals surface area (Å²) in [5.41, 5.74) is 6.10. The van der Waals surface area contributed by atoms with Crippen molar-refractivity contribution in [3.05, 3.63) is 70.5 Å². The van der Waals surface area contributed by atoms with E-state index in [-0.39, 0.29) is 16.5 Å². The summed E-state index contributed by atoms with van der Waals surface area (Å²) in [7, 11) is 0. The van der Waals surface area contributed by atoms with Gasteiger partial charge in [0.05, 0.1) is 11.1 Å². The Bertz CT molecular complexity index is 843. The van der Waals surface area contributed by atoms with E-state index in [4.69, 9.17) is 5.73 Å². The summed E-state index contributed by atoms with van der Waals surface area (Å²) in [6.45, 7) is 0.333. The molecule has 3 aromatic rings. The van der Waals surface area contributed by atoms with E-state index in [2.05, 4.69) is 4.98 Å². The number of rotatable bonds is 3. The monoisotopic (exact) mass is 283 g/mol. The first-order valence-electron chi connectivity index (χ1n) is 6.68. The topological polar surface area (TPSA) is 60.9 Å². The minimum Gasteiger partial charge on any atom is -0.330 e. The van der Waals surface area contributed by atoms with Crippen LogP contribution in [0.3, 0.4) is 0 Å². The summed E-state index contributed by atoms with van der Waals surface area (Å²) in [6, 6.07) is 13.6. The Morgan fingerprint density at radius 3 is 2.57 bits per heavy atom. The number of hydrogen-bond donors (Lipinski definition) is 1. The van der Waals surface area contributed by atoms with Crippen molar-refractivity contribution < 1.29 is 4.39 Å². The lowest BCUT2D eigenvalue weighted by atomic mass is 10.2. The third kappa shape index (κ3) is 2.32. The van der Waals surface area contributed by atoms with E-state index >= 15 is 0 Å². The highest BCUT2D eigenvalue weighted by Crippen LogP contribution is 2.15. The van der Waals surface area contributed by atoms with Gasteiger partial charge >= 0.3 is 0 Å². The molecule has 2 aromatic carbocycles. The summed E-state index contributed by atoms with van der Waals surface area (Å²) in [6.07, 6.45) is 0.397. The summed E-state index contributed by atoms with van der Waals surface area (Å²) in [4.78, 5) is 17.0. The predicted octanol–water partition coefficient (Wildman–Crippen LogP) is 2.03. The quantitative estimate of drug-likeness (QED) is 0.800. The molecule has 4 nitrogen and oxygen atoms in total. The third-order valence-corrected chi connectivity index (χ3v) is 3.30. The highest BCUT2D eigenvalue weighted by molar-refractivity contribution is 5.78. The standard InChI is InChI=1S/C16H14FN3O/c17-13-8-4-7-12-15(13)19-14(9-10-18)20(16(12)21)11-5-2-1-3-6-11/h1-8H,9-10,18H2. The van der Waals surface area contributed by atoms with E-state index in [1.807, 2.05) is 30.3 Å². The number of nitrogens with zero attached hydrogens (tertiary/aromatic N) is 2. The van der Waals surface area contributed by atoms with Crippen molar-refractivity contribution in [3.63, 3.8) is 0 Å². The number of fused-ring (bicyclic) bond motifs is 1. The Labute approximate surface area is 120 Å². The average Bonchev–Trinajstić information content (AvgIpc) is 2.50. The van der Waals surface area contributed by atoms with Gasteiger partial charge < -0.3 is 5.73 Å². The molecule has 0 saturated heterocycles. The highest BCUT2D eigenvalue weighted by atomic mass is 19.1.